The molecule has 0 aliphatic carbocycles. The fraction of sp³-hybridized carbons (Fsp3) is 0.929. The lowest BCUT2D eigenvalue weighted by Crippen LogP contribution is -2.49. The molecule has 0 saturated carbocycles. The molecule has 0 amide bonds. The van der Waals surface area contributed by atoms with Crippen LogP contribution in [0.3, 0.4) is 0 Å². The highest BCUT2D eigenvalue weighted by atomic mass is 15.2. The summed E-state index contributed by atoms with van der Waals surface area (Å²) in [5.74, 6) is 0.578. The van der Waals surface area contributed by atoms with Gasteiger partial charge in [-0.25, -0.2) is 0 Å². The van der Waals surface area contributed by atoms with Gasteiger partial charge >= 0.3 is 0 Å². The van der Waals surface area contributed by atoms with Gasteiger partial charge < -0.3 is 11.1 Å². The van der Waals surface area contributed by atoms with Crippen molar-refractivity contribution in [1.82, 2.24) is 10.2 Å². The Hall–Kier alpha value is -0.770. The summed E-state index contributed by atoms with van der Waals surface area (Å²) in [6.45, 7) is 11.9. The Morgan fingerprint density at radius 2 is 1.94 bits per heavy atom. The number of nitrogens with two attached hydrogens (primary N) is 1. The summed E-state index contributed by atoms with van der Waals surface area (Å²) >= 11 is 0. The molecule has 1 aliphatic rings. The fourth-order valence-corrected chi connectivity index (χ4v) is 2.28. The van der Waals surface area contributed by atoms with Gasteiger partial charge in [0.15, 0.2) is 5.96 Å². The molecule has 4 heteroatoms. The zero-order valence-corrected chi connectivity index (χ0v) is 12.5. The van der Waals surface area contributed by atoms with Gasteiger partial charge in [-0.1, -0.05) is 13.3 Å². The smallest absolute Gasteiger partial charge is 0.188 e. The molecule has 1 saturated heterocycles. The van der Waals surface area contributed by atoms with Crippen LogP contribution in [-0.2, 0) is 0 Å². The monoisotopic (exact) mass is 254 g/mol. The molecule has 1 fully saturated rings. The maximum Gasteiger partial charge on any atom is 0.188 e. The van der Waals surface area contributed by atoms with E-state index in [0.29, 0.717) is 12.0 Å². The lowest BCUT2D eigenvalue weighted by Gasteiger charge is -2.40. The number of nitrogens with zero attached hydrogens (tertiary/aromatic N) is 2. The van der Waals surface area contributed by atoms with Crippen molar-refractivity contribution in [2.75, 3.05) is 19.6 Å². The van der Waals surface area contributed by atoms with Crippen molar-refractivity contribution < 1.29 is 0 Å². The van der Waals surface area contributed by atoms with E-state index in [-0.39, 0.29) is 5.54 Å². The first-order valence-electron chi connectivity index (χ1n) is 7.27. The first-order chi connectivity index (χ1) is 8.45. The van der Waals surface area contributed by atoms with Crippen LogP contribution in [0, 0.1) is 0 Å². The van der Waals surface area contributed by atoms with Crippen LogP contribution in [0.1, 0.15) is 53.4 Å². The highest BCUT2D eigenvalue weighted by Gasteiger charge is 2.27. The first-order valence-corrected chi connectivity index (χ1v) is 7.27. The first kappa shape index (κ1) is 15.3. The van der Waals surface area contributed by atoms with Gasteiger partial charge in [-0.15, -0.1) is 0 Å². The lowest BCUT2D eigenvalue weighted by atomic mass is 9.99. The zero-order chi connectivity index (χ0) is 13.6. The van der Waals surface area contributed by atoms with Gasteiger partial charge in [0.25, 0.3) is 0 Å². The molecule has 0 unspecified atom stereocenters. The summed E-state index contributed by atoms with van der Waals surface area (Å²) in [6.07, 6.45) is 5.06. The Morgan fingerprint density at radius 1 is 1.33 bits per heavy atom. The normalized spacial score (nSPS) is 20.8. The van der Waals surface area contributed by atoms with Gasteiger partial charge in [0, 0.05) is 11.6 Å². The minimum atomic E-state index is 0.113. The number of aliphatic imine (C=N–C) groups is 1. The van der Waals surface area contributed by atoms with E-state index in [0.717, 1.165) is 13.0 Å². The Morgan fingerprint density at radius 3 is 2.50 bits per heavy atom. The van der Waals surface area contributed by atoms with Crippen LogP contribution in [-0.4, -0.2) is 42.1 Å². The van der Waals surface area contributed by atoms with Gasteiger partial charge in [-0.05, 0) is 53.1 Å². The van der Waals surface area contributed by atoms with E-state index in [1.54, 1.807) is 0 Å². The molecular formula is C14H30N4. The van der Waals surface area contributed by atoms with Crippen molar-refractivity contribution in [3.8, 4) is 0 Å². The summed E-state index contributed by atoms with van der Waals surface area (Å²) < 4.78 is 0. The van der Waals surface area contributed by atoms with Crippen molar-refractivity contribution in [3.63, 3.8) is 0 Å². The molecule has 0 aromatic rings. The van der Waals surface area contributed by atoms with Crippen LogP contribution in [0.2, 0.25) is 0 Å². The number of hydrogen-bond acceptors (Lipinski definition) is 2. The zero-order valence-electron chi connectivity index (χ0n) is 12.5. The average molecular weight is 254 g/mol. The van der Waals surface area contributed by atoms with Crippen LogP contribution < -0.4 is 11.1 Å². The molecule has 1 atom stereocenters. The number of nitrogens with one attached hydrogen (secondary N) is 1. The van der Waals surface area contributed by atoms with E-state index in [9.17, 15) is 0 Å². The summed E-state index contributed by atoms with van der Waals surface area (Å²) in [7, 11) is 0. The Labute approximate surface area is 112 Å². The Balaban J connectivity index is 2.46. The van der Waals surface area contributed by atoms with Crippen LogP contribution >= 0.6 is 0 Å². The van der Waals surface area contributed by atoms with Crippen LogP contribution in [0.5, 0.6) is 0 Å². The molecule has 1 aliphatic heterocycles. The third-order valence-corrected chi connectivity index (χ3v) is 3.86. The molecule has 1 rings (SSSR count). The second-order valence-electron chi connectivity index (χ2n) is 6.02. The van der Waals surface area contributed by atoms with Gasteiger partial charge in [0.2, 0.25) is 0 Å². The number of rotatable bonds is 5. The number of guanidine groups is 1. The standard InChI is InChI=1S/C14H30N4/c1-5-12(2)17-13(15)16-11-14(3,4)18-9-7-6-8-10-18/h12H,5-11H2,1-4H3,(H3,15,16,17)/t12-/m1/s1. The SMILES string of the molecule is CC[C@@H](C)NC(N)=NCC(C)(C)N1CCCCC1. The van der Waals surface area contributed by atoms with Gasteiger partial charge in [0.1, 0.15) is 0 Å². The van der Waals surface area contributed by atoms with E-state index in [1.165, 1.54) is 32.4 Å². The fourth-order valence-electron chi connectivity index (χ4n) is 2.28. The molecule has 0 aromatic carbocycles. The van der Waals surface area contributed by atoms with Crippen molar-refractivity contribution in [3.05, 3.63) is 0 Å². The number of hydrogen-bond donors (Lipinski definition) is 2. The molecule has 0 bridgehead atoms. The van der Waals surface area contributed by atoms with Crippen molar-refractivity contribution in [1.29, 1.82) is 0 Å². The minimum Gasteiger partial charge on any atom is -0.370 e. The van der Waals surface area contributed by atoms with Crippen molar-refractivity contribution >= 4 is 5.96 Å². The predicted molar refractivity (Wildman–Crippen MR) is 78.9 cm³/mol. The topological polar surface area (TPSA) is 53.6 Å². The molecule has 4 nitrogen and oxygen atoms in total. The highest BCUT2D eigenvalue weighted by Crippen LogP contribution is 2.20. The van der Waals surface area contributed by atoms with Crippen LogP contribution in [0.4, 0.5) is 0 Å². The van der Waals surface area contributed by atoms with Crippen molar-refractivity contribution in [2.24, 2.45) is 10.7 Å². The quantitative estimate of drug-likeness (QED) is 0.582. The van der Waals surface area contributed by atoms with Crippen LogP contribution in [0.25, 0.3) is 0 Å². The second-order valence-corrected chi connectivity index (χ2v) is 6.02. The van der Waals surface area contributed by atoms with E-state index < -0.39 is 0 Å². The second kappa shape index (κ2) is 6.98. The molecule has 0 spiro atoms. The van der Waals surface area contributed by atoms with Gasteiger partial charge in [-0.2, -0.15) is 0 Å². The van der Waals surface area contributed by atoms with Crippen LogP contribution in [0.15, 0.2) is 4.99 Å². The number of likely N-dealkylation sites (tertiary alicyclic amines) is 1. The number of piperidine rings is 1. The summed E-state index contributed by atoms with van der Waals surface area (Å²) in [5, 5.41) is 3.21. The third-order valence-electron chi connectivity index (χ3n) is 3.86. The van der Waals surface area contributed by atoms with Crippen molar-refractivity contribution in [2.45, 2.75) is 65.0 Å². The van der Waals surface area contributed by atoms with E-state index in [2.05, 4.69) is 42.9 Å². The molecular weight excluding hydrogens is 224 g/mol. The highest BCUT2D eigenvalue weighted by molar-refractivity contribution is 5.78. The third kappa shape index (κ3) is 4.84. The minimum absolute atomic E-state index is 0.113. The average Bonchev–Trinajstić information content (AvgIpc) is 2.37. The maximum atomic E-state index is 5.91. The molecule has 18 heavy (non-hydrogen) atoms. The molecule has 106 valence electrons. The largest absolute Gasteiger partial charge is 0.370 e. The maximum absolute atomic E-state index is 5.91. The molecule has 1 heterocycles. The van der Waals surface area contributed by atoms with E-state index in [4.69, 9.17) is 5.73 Å². The molecule has 0 aromatic heterocycles. The van der Waals surface area contributed by atoms with Gasteiger partial charge in [-0.3, -0.25) is 9.89 Å². The molecule has 0 radical (unpaired) electrons. The predicted octanol–water partition coefficient (Wildman–Crippen LogP) is 1.95. The summed E-state index contributed by atoms with van der Waals surface area (Å²) in [6, 6.07) is 0.395. The van der Waals surface area contributed by atoms with Gasteiger partial charge in [0.05, 0.1) is 6.54 Å². The summed E-state index contributed by atoms with van der Waals surface area (Å²) in [5.41, 5.74) is 6.02. The lowest BCUT2D eigenvalue weighted by molar-refractivity contribution is 0.102. The van der Waals surface area contributed by atoms with E-state index in [1.807, 2.05) is 0 Å². The summed E-state index contributed by atoms with van der Waals surface area (Å²) in [4.78, 5) is 7.04. The molecule has 3 N–H and O–H groups in total. The Kier molecular flexibility index (Phi) is 5.93. The Bertz CT molecular complexity index is 267. The van der Waals surface area contributed by atoms with E-state index >= 15 is 0 Å².